The topological polar surface area (TPSA) is 38.3 Å². The Bertz CT molecular complexity index is 515. The second kappa shape index (κ2) is 7.97. The lowest BCUT2D eigenvalue weighted by atomic mass is 9.89. The molecule has 0 bridgehead atoms. The average molecular weight is 325 g/mol. The summed E-state index contributed by atoms with van der Waals surface area (Å²) < 4.78 is 19.5. The van der Waals surface area contributed by atoms with E-state index in [1.165, 1.54) is 12.1 Å². The van der Waals surface area contributed by atoms with Gasteiger partial charge in [-0.3, -0.25) is 4.79 Å². The summed E-state index contributed by atoms with van der Waals surface area (Å²) in [5, 5.41) is 3.50. The molecular weight excluding hydrogens is 301 g/mol. The van der Waals surface area contributed by atoms with Gasteiger partial charge in [0.2, 0.25) is 0 Å². The second-order valence-corrected chi connectivity index (χ2v) is 6.71. The van der Waals surface area contributed by atoms with E-state index < -0.39 is 0 Å². The van der Waals surface area contributed by atoms with E-state index >= 15 is 0 Å². The number of thiol groups is 1. The van der Waals surface area contributed by atoms with E-state index in [-0.39, 0.29) is 23.1 Å². The molecule has 5 heteroatoms. The van der Waals surface area contributed by atoms with Crippen LogP contribution in [-0.2, 0) is 11.2 Å². The van der Waals surface area contributed by atoms with E-state index in [0.29, 0.717) is 31.1 Å². The van der Waals surface area contributed by atoms with Gasteiger partial charge in [-0.2, -0.15) is 12.6 Å². The molecule has 0 radical (unpaired) electrons. The molecule has 0 amide bonds. The number of nitrogens with one attached hydrogen (secondary N) is 1. The number of hydrogen-bond acceptors (Lipinski definition) is 4. The molecule has 2 rings (SSSR count). The van der Waals surface area contributed by atoms with Gasteiger partial charge in [-0.25, -0.2) is 4.39 Å². The van der Waals surface area contributed by atoms with Crippen LogP contribution in [0.1, 0.15) is 45.1 Å². The van der Waals surface area contributed by atoms with E-state index in [9.17, 15) is 9.18 Å². The zero-order valence-corrected chi connectivity index (χ0v) is 14.0. The predicted molar refractivity (Wildman–Crippen MR) is 89.0 cm³/mol. The number of benzene rings is 1. The number of ketones is 1. The predicted octanol–water partition coefficient (Wildman–Crippen LogP) is 3.51. The van der Waals surface area contributed by atoms with Gasteiger partial charge < -0.3 is 10.1 Å². The first-order valence-corrected chi connectivity index (χ1v) is 8.40. The molecule has 0 spiro atoms. The summed E-state index contributed by atoms with van der Waals surface area (Å²) >= 11 is 4.30. The molecule has 22 heavy (non-hydrogen) atoms. The third kappa shape index (κ3) is 5.29. The van der Waals surface area contributed by atoms with E-state index in [1.54, 1.807) is 0 Å². The van der Waals surface area contributed by atoms with Crippen LogP contribution in [0, 0.1) is 5.82 Å². The molecule has 0 aromatic heterocycles. The Morgan fingerprint density at radius 1 is 1.45 bits per heavy atom. The van der Waals surface area contributed by atoms with Gasteiger partial charge in [0.25, 0.3) is 0 Å². The minimum absolute atomic E-state index is 0.122. The molecular formula is C17H24FNO2S. The fraction of sp³-hybridized carbons (Fsp3) is 0.588. The summed E-state index contributed by atoms with van der Waals surface area (Å²) in [5.41, 5.74) is 0.815. The number of carbonyl (C=O) groups excluding carboxylic acids is 1. The number of Topliss-reactive ketones (excluding diaryl/α,β-unsaturated/α-hetero) is 1. The molecule has 1 fully saturated rings. The van der Waals surface area contributed by atoms with Crippen molar-refractivity contribution in [1.29, 1.82) is 0 Å². The number of rotatable bonds is 8. The lowest BCUT2D eigenvalue weighted by Crippen LogP contribution is -2.48. The molecule has 1 saturated carbocycles. The first-order chi connectivity index (χ1) is 10.5. The average Bonchev–Trinajstić information content (AvgIpc) is 2.41. The number of carbonyl (C=O) groups is 1. The van der Waals surface area contributed by atoms with E-state index in [0.717, 1.165) is 18.4 Å². The van der Waals surface area contributed by atoms with Crippen molar-refractivity contribution in [3.63, 3.8) is 0 Å². The van der Waals surface area contributed by atoms with Crippen molar-refractivity contribution >= 4 is 18.4 Å². The highest BCUT2D eigenvalue weighted by atomic mass is 32.1. The molecule has 1 aliphatic rings. The first kappa shape index (κ1) is 17.3. The van der Waals surface area contributed by atoms with Gasteiger partial charge in [0, 0.05) is 30.3 Å². The Balaban J connectivity index is 1.86. The van der Waals surface area contributed by atoms with Crippen molar-refractivity contribution in [2.45, 2.75) is 63.5 Å². The quantitative estimate of drug-likeness (QED) is 0.567. The molecule has 0 aliphatic heterocycles. The smallest absolute Gasteiger partial charge is 0.132 e. The summed E-state index contributed by atoms with van der Waals surface area (Å²) in [5.74, 6) is 0.441. The SMILES string of the molecule is CCC(=O)CCc1cc(F)cc(OC2CC(NC(C)S)C2)c1. The molecule has 3 nitrogen and oxygen atoms in total. The standard InChI is InChI=1S/C17H24FNO2S/c1-3-15(20)5-4-12-6-13(18)8-16(7-12)21-17-9-14(10-17)19-11(2)22/h6-8,11,14,17,19,22H,3-5,9-10H2,1-2H3. The fourth-order valence-electron chi connectivity index (χ4n) is 2.63. The minimum Gasteiger partial charge on any atom is -0.490 e. The van der Waals surface area contributed by atoms with E-state index in [2.05, 4.69) is 17.9 Å². The normalized spacial score (nSPS) is 22.0. The summed E-state index contributed by atoms with van der Waals surface area (Å²) in [6.07, 6.45) is 3.48. The Hall–Kier alpha value is -1.07. The van der Waals surface area contributed by atoms with Gasteiger partial charge >= 0.3 is 0 Å². The maximum absolute atomic E-state index is 13.7. The van der Waals surface area contributed by atoms with Gasteiger partial charge in [0.15, 0.2) is 0 Å². The third-order valence-corrected chi connectivity index (χ3v) is 4.04. The van der Waals surface area contributed by atoms with Crippen LogP contribution in [0.4, 0.5) is 4.39 Å². The van der Waals surface area contributed by atoms with Crippen molar-refractivity contribution < 1.29 is 13.9 Å². The van der Waals surface area contributed by atoms with Gasteiger partial charge in [-0.15, -0.1) is 0 Å². The molecule has 122 valence electrons. The molecule has 1 aromatic carbocycles. The minimum atomic E-state index is -0.311. The van der Waals surface area contributed by atoms with Crippen LogP contribution in [0.3, 0.4) is 0 Å². The van der Waals surface area contributed by atoms with Crippen molar-refractivity contribution in [3.05, 3.63) is 29.6 Å². The summed E-state index contributed by atoms with van der Waals surface area (Å²) in [6, 6.07) is 5.15. The lowest BCUT2D eigenvalue weighted by molar-refractivity contribution is -0.118. The fourth-order valence-corrected chi connectivity index (χ4v) is 2.84. The van der Waals surface area contributed by atoms with Crippen LogP contribution < -0.4 is 10.1 Å². The maximum Gasteiger partial charge on any atom is 0.132 e. The largest absolute Gasteiger partial charge is 0.490 e. The van der Waals surface area contributed by atoms with Crippen LogP contribution in [0.15, 0.2) is 18.2 Å². The number of aryl methyl sites for hydroxylation is 1. The molecule has 1 aliphatic carbocycles. The van der Waals surface area contributed by atoms with Crippen LogP contribution >= 0.6 is 12.6 Å². The summed E-state index contributed by atoms with van der Waals surface area (Å²) in [7, 11) is 0. The molecule has 1 unspecified atom stereocenters. The molecule has 0 saturated heterocycles. The molecule has 0 heterocycles. The van der Waals surface area contributed by atoms with Gasteiger partial charge in [0.1, 0.15) is 23.5 Å². The number of hydrogen-bond donors (Lipinski definition) is 2. The van der Waals surface area contributed by atoms with E-state index in [1.807, 2.05) is 19.9 Å². The highest BCUT2D eigenvalue weighted by Gasteiger charge is 2.31. The lowest BCUT2D eigenvalue weighted by Gasteiger charge is -2.37. The van der Waals surface area contributed by atoms with Crippen LogP contribution in [0.5, 0.6) is 5.75 Å². The number of ether oxygens (including phenoxy) is 1. The van der Waals surface area contributed by atoms with Crippen molar-refractivity contribution in [2.24, 2.45) is 0 Å². The summed E-state index contributed by atoms with van der Waals surface area (Å²) in [4.78, 5) is 11.4. The van der Waals surface area contributed by atoms with Crippen LogP contribution in [0.2, 0.25) is 0 Å². The van der Waals surface area contributed by atoms with Crippen molar-refractivity contribution in [3.8, 4) is 5.75 Å². The van der Waals surface area contributed by atoms with E-state index in [4.69, 9.17) is 4.74 Å². The van der Waals surface area contributed by atoms with Crippen molar-refractivity contribution in [1.82, 2.24) is 5.32 Å². The van der Waals surface area contributed by atoms with Crippen LogP contribution in [0.25, 0.3) is 0 Å². The summed E-state index contributed by atoms with van der Waals surface area (Å²) in [6.45, 7) is 3.84. The van der Waals surface area contributed by atoms with Gasteiger partial charge in [-0.05, 0) is 43.9 Å². The third-order valence-electron chi connectivity index (χ3n) is 3.89. The first-order valence-electron chi connectivity index (χ1n) is 7.88. The Labute approximate surface area is 137 Å². The maximum atomic E-state index is 13.7. The van der Waals surface area contributed by atoms with Gasteiger partial charge in [0.05, 0.1) is 0 Å². The zero-order chi connectivity index (χ0) is 16.1. The monoisotopic (exact) mass is 325 g/mol. The Morgan fingerprint density at radius 2 is 2.18 bits per heavy atom. The van der Waals surface area contributed by atoms with Crippen molar-refractivity contribution in [2.75, 3.05) is 0 Å². The Morgan fingerprint density at radius 3 is 2.82 bits per heavy atom. The zero-order valence-electron chi connectivity index (χ0n) is 13.1. The highest BCUT2D eigenvalue weighted by Crippen LogP contribution is 2.28. The number of halogens is 1. The van der Waals surface area contributed by atoms with Gasteiger partial charge in [-0.1, -0.05) is 6.92 Å². The van der Waals surface area contributed by atoms with Crippen LogP contribution in [-0.4, -0.2) is 23.3 Å². The Kier molecular flexibility index (Phi) is 6.26. The second-order valence-electron chi connectivity index (χ2n) is 5.94. The molecule has 1 atom stereocenters. The highest BCUT2D eigenvalue weighted by molar-refractivity contribution is 7.80. The molecule has 1 aromatic rings. The molecule has 1 N–H and O–H groups in total.